The third kappa shape index (κ3) is 6.51. The van der Waals surface area contributed by atoms with E-state index in [-0.39, 0.29) is 37.9 Å². The number of para-hydroxylation sites is 4. The lowest BCUT2D eigenvalue weighted by molar-refractivity contribution is 0.125. The highest BCUT2D eigenvalue weighted by molar-refractivity contribution is 5.93. The summed E-state index contributed by atoms with van der Waals surface area (Å²) in [6.07, 6.45) is 0. The van der Waals surface area contributed by atoms with E-state index in [0.29, 0.717) is 0 Å². The zero-order valence-corrected chi connectivity index (χ0v) is 44.7. The summed E-state index contributed by atoms with van der Waals surface area (Å²) in [6.45, 7) is 34.1. The summed E-state index contributed by atoms with van der Waals surface area (Å²) in [6, 6.07) is 68.8. The number of hydrogen-bond donors (Lipinski definition) is 0. The summed E-state index contributed by atoms with van der Waals surface area (Å²) in [5.74, 6) is 0. The zero-order valence-electron chi connectivity index (χ0n) is 44.7. The van der Waals surface area contributed by atoms with E-state index in [2.05, 4.69) is 289 Å². The topological polar surface area (TPSA) is 6.48 Å². The zero-order chi connectivity index (χ0) is 50.3. The van der Waals surface area contributed by atoms with E-state index in [9.17, 15) is 0 Å². The highest BCUT2D eigenvalue weighted by Gasteiger charge is 2.58. The van der Waals surface area contributed by atoms with Crippen LogP contribution in [0.25, 0.3) is 33.4 Å². The molecule has 8 aromatic rings. The molecule has 0 amide bonds. The molecule has 0 aliphatic heterocycles. The van der Waals surface area contributed by atoms with Crippen LogP contribution in [0.4, 0.5) is 34.1 Å². The Balaban J connectivity index is 1.01. The molecule has 11 rings (SSSR count). The highest BCUT2D eigenvalue weighted by Crippen LogP contribution is 2.64. The van der Waals surface area contributed by atoms with Gasteiger partial charge >= 0.3 is 0 Å². The van der Waals surface area contributed by atoms with Crippen LogP contribution >= 0.6 is 0 Å². The Hall–Kier alpha value is -6.64. The van der Waals surface area contributed by atoms with Gasteiger partial charge in [0, 0.05) is 39.3 Å². The quantitative estimate of drug-likeness (QED) is 0.150. The predicted octanol–water partition coefficient (Wildman–Crippen LogP) is 19.5. The lowest BCUT2D eigenvalue weighted by Gasteiger charge is -2.44. The molecule has 3 aliphatic carbocycles. The van der Waals surface area contributed by atoms with Crippen molar-refractivity contribution in [2.24, 2.45) is 10.8 Å². The molecule has 0 radical (unpaired) electrons. The first-order valence-electron chi connectivity index (χ1n) is 26.0. The van der Waals surface area contributed by atoms with Crippen LogP contribution in [0.1, 0.15) is 130 Å². The molecule has 0 unspecified atom stereocenters. The van der Waals surface area contributed by atoms with E-state index in [1.165, 1.54) is 78.1 Å². The Labute approximate surface area is 425 Å². The third-order valence-electron chi connectivity index (χ3n) is 20.1. The van der Waals surface area contributed by atoms with Crippen LogP contribution in [0.2, 0.25) is 0 Å². The maximum Gasteiger partial charge on any atom is 0.0540 e. The Morgan fingerprint density at radius 1 is 0.254 bits per heavy atom. The molecular weight excluding hydrogens is 857 g/mol. The van der Waals surface area contributed by atoms with Crippen molar-refractivity contribution in [3.8, 4) is 33.4 Å². The summed E-state index contributed by atoms with van der Waals surface area (Å²) >= 11 is 0. The molecule has 0 fully saturated rings. The van der Waals surface area contributed by atoms with Gasteiger partial charge in [-0.1, -0.05) is 218 Å². The predicted molar refractivity (Wildman–Crippen MR) is 304 cm³/mol. The Kier molecular flexibility index (Phi) is 10.3. The van der Waals surface area contributed by atoms with Crippen molar-refractivity contribution in [2.75, 3.05) is 9.80 Å². The molecule has 0 aromatic heterocycles. The monoisotopic (exact) mass is 929 g/mol. The lowest BCUT2D eigenvalue weighted by Crippen LogP contribution is -2.42. The van der Waals surface area contributed by atoms with Crippen molar-refractivity contribution in [3.63, 3.8) is 0 Å². The first-order valence-corrected chi connectivity index (χ1v) is 26.0. The fourth-order valence-corrected chi connectivity index (χ4v) is 13.3. The largest absolute Gasteiger partial charge is 0.310 e. The average molecular weight is 929 g/mol. The van der Waals surface area contributed by atoms with E-state index >= 15 is 0 Å². The van der Waals surface area contributed by atoms with Gasteiger partial charge in [-0.05, 0) is 149 Å². The number of rotatable bonds is 8. The molecular formula is C69H72N2. The molecule has 0 bridgehead atoms. The summed E-state index contributed by atoms with van der Waals surface area (Å²) in [4.78, 5) is 4.95. The van der Waals surface area contributed by atoms with Gasteiger partial charge < -0.3 is 9.80 Å². The molecule has 71 heavy (non-hydrogen) atoms. The summed E-state index contributed by atoms with van der Waals surface area (Å²) in [5, 5.41) is 0. The molecule has 0 spiro atoms. The van der Waals surface area contributed by atoms with E-state index in [1.807, 2.05) is 0 Å². The fourth-order valence-electron chi connectivity index (χ4n) is 13.3. The number of nitrogens with zero attached hydrogens (tertiary/aromatic N) is 2. The number of fused-ring (bicyclic) bond motifs is 5. The van der Waals surface area contributed by atoms with Gasteiger partial charge in [0.05, 0.1) is 11.4 Å². The molecule has 3 aliphatic rings. The maximum absolute atomic E-state index is 2.50. The fraction of sp³-hybridized carbons (Fsp3) is 0.304. The molecule has 358 valence electrons. The van der Waals surface area contributed by atoms with Crippen molar-refractivity contribution in [2.45, 2.75) is 124 Å². The smallest absolute Gasteiger partial charge is 0.0540 e. The lowest BCUT2D eigenvalue weighted by atomic mass is 9.59. The van der Waals surface area contributed by atoms with Crippen LogP contribution < -0.4 is 9.80 Å². The van der Waals surface area contributed by atoms with Crippen molar-refractivity contribution >= 4 is 34.1 Å². The summed E-state index contributed by atoms with van der Waals surface area (Å²) in [7, 11) is 0. The number of anilines is 6. The molecule has 8 aromatic carbocycles. The Bertz CT molecular complexity index is 3170. The first kappa shape index (κ1) is 46.7. The Morgan fingerprint density at radius 3 is 0.972 bits per heavy atom. The van der Waals surface area contributed by atoms with Gasteiger partial charge in [0.15, 0.2) is 0 Å². The van der Waals surface area contributed by atoms with Gasteiger partial charge in [-0.2, -0.15) is 0 Å². The van der Waals surface area contributed by atoms with Crippen LogP contribution in [0, 0.1) is 10.8 Å². The van der Waals surface area contributed by atoms with Gasteiger partial charge in [0.2, 0.25) is 0 Å². The van der Waals surface area contributed by atoms with E-state index in [4.69, 9.17) is 0 Å². The van der Waals surface area contributed by atoms with Crippen LogP contribution in [-0.2, 0) is 27.1 Å². The SMILES string of the molecule is CC1(C)c2cc(N(c3ccccc3)c3ccccc3-c3ccc4c(c3)C(C)(C)C(C)(C)C4(C)C)ccc2-c2ccc(N(c3ccccc3)c3ccccc3-c3ccc4c(c3)C(C)(C)C(C)(C)C4(C)C)cc21. The molecule has 0 heterocycles. The summed E-state index contributed by atoms with van der Waals surface area (Å²) in [5.41, 5.74) is 23.0. The first-order chi connectivity index (χ1) is 33.5. The van der Waals surface area contributed by atoms with Gasteiger partial charge in [0.1, 0.15) is 0 Å². The van der Waals surface area contributed by atoms with Crippen molar-refractivity contribution in [1.29, 1.82) is 0 Å². The molecule has 2 nitrogen and oxygen atoms in total. The number of hydrogen-bond acceptors (Lipinski definition) is 2. The van der Waals surface area contributed by atoms with E-state index < -0.39 is 0 Å². The average Bonchev–Trinajstić information content (AvgIpc) is 3.69. The van der Waals surface area contributed by atoms with Gasteiger partial charge in [0.25, 0.3) is 0 Å². The van der Waals surface area contributed by atoms with E-state index in [0.717, 1.165) is 22.7 Å². The highest BCUT2D eigenvalue weighted by atomic mass is 15.2. The minimum atomic E-state index is -0.281. The van der Waals surface area contributed by atoms with Crippen molar-refractivity contribution in [1.82, 2.24) is 0 Å². The van der Waals surface area contributed by atoms with Crippen LogP contribution in [-0.4, -0.2) is 0 Å². The minimum absolute atomic E-state index is 0.00646. The number of benzene rings is 8. The second-order valence-corrected chi connectivity index (χ2v) is 24.7. The van der Waals surface area contributed by atoms with Crippen molar-refractivity contribution in [3.05, 3.63) is 215 Å². The second kappa shape index (κ2) is 15.7. The maximum atomic E-state index is 2.50. The summed E-state index contributed by atoms with van der Waals surface area (Å²) < 4.78 is 0. The second-order valence-electron chi connectivity index (χ2n) is 24.7. The molecule has 0 N–H and O–H groups in total. The standard InChI is InChI=1S/C69H72N2/c1-63(2)57-43-49(70(47-25-17-15-18-26-47)61-31-23-21-29-51(61)45-33-39-55-59(41-45)66(7,8)68(11,12)64(55,3)4)35-37-53(57)54-38-36-50(44-58(54)63)71(48-27-19-16-20-28-48)62-32-24-22-30-52(62)46-34-40-56-60(42-46)67(9,10)69(13,14)65(56,5)6/h15-44H,1-14H3. The van der Waals surface area contributed by atoms with Crippen LogP contribution in [0.15, 0.2) is 182 Å². The normalized spacial score (nSPS) is 18.5. The minimum Gasteiger partial charge on any atom is -0.310 e. The van der Waals surface area contributed by atoms with Gasteiger partial charge in [-0.15, -0.1) is 0 Å². The van der Waals surface area contributed by atoms with Crippen LogP contribution in [0.3, 0.4) is 0 Å². The molecule has 0 saturated heterocycles. The molecule has 2 heteroatoms. The van der Waals surface area contributed by atoms with Gasteiger partial charge in [-0.3, -0.25) is 0 Å². The molecule has 0 saturated carbocycles. The van der Waals surface area contributed by atoms with Crippen molar-refractivity contribution < 1.29 is 0 Å². The Morgan fingerprint density at radius 2 is 0.592 bits per heavy atom. The van der Waals surface area contributed by atoms with E-state index in [1.54, 1.807) is 0 Å². The molecule has 0 atom stereocenters. The van der Waals surface area contributed by atoms with Gasteiger partial charge in [-0.25, -0.2) is 0 Å². The third-order valence-corrected chi connectivity index (χ3v) is 20.1. The van der Waals surface area contributed by atoms with Crippen LogP contribution in [0.5, 0.6) is 0 Å².